The van der Waals surface area contributed by atoms with Crippen LogP contribution in [0.2, 0.25) is 0 Å². The minimum atomic E-state index is -0.0702. The molecule has 0 heterocycles. The average Bonchev–Trinajstić information content (AvgIpc) is 2.38. The Labute approximate surface area is 108 Å². The summed E-state index contributed by atoms with van der Waals surface area (Å²) in [7, 11) is 1.57. The molecule has 0 aromatic heterocycles. The van der Waals surface area contributed by atoms with Crippen LogP contribution in [0.5, 0.6) is 5.75 Å². The Morgan fingerprint density at radius 3 is 2.78 bits per heavy atom. The highest BCUT2D eigenvalue weighted by atomic mass is 16.5. The number of hydrogen-bond acceptors (Lipinski definition) is 3. The topological polar surface area (TPSA) is 53.3 Å². The molecule has 0 bridgehead atoms. The van der Waals surface area contributed by atoms with Gasteiger partial charge in [0.25, 0.3) is 5.91 Å². The van der Waals surface area contributed by atoms with Gasteiger partial charge in [0.1, 0.15) is 5.75 Å². The first-order chi connectivity index (χ1) is 8.60. The quantitative estimate of drug-likeness (QED) is 0.802. The van der Waals surface area contributed by atoms with Crippen LogP contribution in [0.3, 0.4) is 0 Å². The van der Waals surface area contributed by atoms with Crippen LogP contribution in [-0.2, 0) is 0 Å². The third-order valence-corrected chi connectivity index (χ3v) is 2.67. The zero-order chi connectivity index (χ0) is 13.5. The number of nitriles is 1. The maximum atomic E-state index is 12.3. The third kappa shape index (κ3) is 3.49. The highest BCUT2D eigenvalue weighted by Crippen LogP contribution is 2.15. The minimum absolute atomic E-state index is 0.0667. The number of nitrogens with zero attached hydrogens (tertiary/aromatic N) is 2. The molecular weight excluding hydrogens is 228 g/mol. The van der Waals surface area contributed by atoms with Crippen LogP contribution in [0, 0.1) is 11.3 Å². The molecule has 96 valence electrons. The highest BCUT2D eigenvalue weighted by Gasteiger charge is 2.18. The monoisotopic (exact) mass is 246 g/mol. The molecule has 1 amide bonds. The fourth-order valence-corrected chi connectivity index (χ4v) is 1.69. The predicted molar refractivity (Wildman–Crippen MR) is 69.4 cm³/mol. The molecular formula is C14H18N2O2. The van der Waals surface area contributed by atoms with Crippen LogP contribution in [0.4, 0.5) is 0 Å². The summed E-state index contributed by atoms with van der Waals surface area (Å²) in [5.74, 6) is 0.587. The van der Waals surface area contributed by atoms with E-state index >= 15 is 0 Å². The molecule has 1 aromatic carbocycles. The molecule has 0 unspecified atom stereocenters. The van der Waals surface area contributed by atoms with Crippen LogP contribution >= 0.6 is 0 Å². The van der Waals surface area contributed by atoms with Gasteiger partial charge >= 0.3 is 0 Å². The number of amides is 1. The van der Waals surface area contributed by atoms with Crippen LogP contribution in [0.25, 0.3) is 0 Å². The van der Waals surface area contributed by atoms with E-state index in [1.807, 2.05) is 13.8 Å². The Morgan fingerprint density at radius 2 is 2.22 bits per heavy atom. The number of methoxy groups -OCH3 is 1. The zero-order valence-corrected chi connectivity index (χ0v) is 11.0. The van der Waals surface area contributed by atoms with E-state index in [2.05, 4.69) is 6.07 Å². The molecule has 0 atom stereocenters. The molecule has 4 heteroatoms. The predicted octanol–water partition coefficient (Wildman–Crippen LogP) is 2.46. The molecule has 1 rings (SSSR count). The van der Waals surface area contributed by atoms with Gasteiger partial charge in [-0.05, 0) is 32.0 Å². The Balaban J connectivity index is 2.91. The maximum absolute atomic E-state index is 12.3. The van der Waals surface area contributed by atoms with Gasteiger partial charge in [-0.15, -0.1) is 0 Å². The molecule has 1 aromatic rings. The van der Waals surface area contributed by atoms with Crippen molar-refractivity contribution in [1.82, 2.24) is 4.90 Å². The number of carbonyl (C=O) groups is 1. The normalized spacial score (nSPS) is 9.94. The van der Waals surface area contributed by atoms with E-state index in [0.29, 0.717) is 24.3 Å². The van der Waals surface area contributed by atoms with Gasteiger partial charge in [-0.1, -0.05) is 6.07 Å². The SMILES string of the molecule is COc1cccc(C(=O)N(CCC#N)C(C)C)c1. The van der Waals surface area contributed by atoms with E-state index in [0.717, 1.165) is 0 Å². The number of benzene rings is 1. The minimum Gasteiger partial charge on any atom is -0.497 e. The number of hydrogen-bond donors (Lipinski definition) is 0. The summed E-state index contributed by atoms with van der Waals surface area (Å²) in [5.41, 5.74) is 0.584. The Bertz CT molecular complexity index is 449. The van der Waals surface area contributed by atoms with Gasteiger partial charge in [0, 0.05) is 18.2 Å². The Morgan fingerprint density at radius 1 is 1.50 bits per heavy atom. The fraction of sp³-hybridized carbons (Fsp3) is 0.429. The van der Waals surface area contributed by atoms with E-state index in [-0.39, 0.29) is 11.9 Å². The molecule has 0 N–H and O–H groups in total. The summed E-state index contributed by atoms with van der Waals surface area (Å²) in [6.07, 6.45) is 0.341. The first-order valence-corrected chi connectivity index (χ1v) is 5.92. The largest absolute Gasteiger partial charge is 0.497 e. The highest BCUT2D eigenvalue weighted by molar-refractivity contribution is 5.94. The van der Waals surface area contributed by atoms with E-state index in [4.69, 9.17) is 10.00 Å². The second-order valence-electron chi connectivity index (χ2n) is 4.23. The van der Waals surface area contributed by atoms with Crippen molar-refractivity contribution < 1.29 is 9.53 Å². The summed E-state index contributed by atoms with van der Waals surface area (Å²) in [4.78, 5) is 14.0. The van der Waals surface area contributed by atoms with E-state index in [9.17, 15) is 4.79 Å². The van der Waals surface area contributed by atoms with E-state index in [1.54, 1.807) is 36.3 Å². The standard InChI is InChI=1S/C14H18N2O2/c1-11(2)16(9-5-8-15)14(17)12-6-4-7-13(10-12)18-3/h4,6-7,10-11H,5,9H2,1-3H3. The van der Waals surface area contributed by atoms with Gasteiger partial charge in [-0.3, -0.25) is 4.79 Å². The van der Waals surface area contributed by atoms with E-state index < -0.39 is 0 Å². The number of rotatable bonds is 5. The van der Waals surface area contributed by atoms with Gasteiger partial charge in [-0.2, -0.15) is 5.26 Å². The molecule has 0 aliphatic rings. The lowest BCUT2D eigenvalue weighted by molar-refractivity contribution is 0.0710. The smallest absolute Gasteiger partial charge is 0.254 e. The fourth-order valence-electron chi connectivity index (χ4n) is 1.69. The van der Waals surface area contributed by atoms with Crippen LogP contribution in [0.15, 0.2) is 24.3 Å². The second-order valence-corrected chi connectivity index (χ2v) is 4.23. The lowest BCUT2D eigenvalue weighted by atomic mass is 10.1. The van der Waals surface area contributed by atoms with Gasteiger partial charge < -0.3 is 9.64 Å². The molecule has 0 radical (unpaired) electrons. The summed E-state index contributed by atoms with van der Waals surface area (Å²) in [6, 6.07) is 9.18. The first kappa shape index (κ1) is 14.0. The van der Waals surface area contributed by atoms with Crippen molar-refractivity contribution in [3.05, 3.63) is 29.8 Å². The van der Waals surface area contributed by atoms with Crippen LogP contribution in [-0.4, -0.2) is 30.5 Å². The van der Waals surface area contributed by atoms with Gasteiger partial charge in [0.2, 0.25) is 0 Å². The van der Waals surface area contributed by atoms with Crippen molar-refractivity contribution in [2.75, 3.05) is 13.7 Å². The zero-order valence-electron chi connectivity index (χ0n) is 11.0. The molecule has 0 aliphatic carbocycles. The number of ether oxygens (including phenoxy) is 1. The summed E-state index contributed by atoms with van der Waals surface area (Å²) < 4.78 is 5.10. The Hall–Kier alpha value is -2.02. The van der Waals surface area contributed by atoms with Gasteiger partial charge in [0.15, 0.2) is 0 Å². The van der Waals surface area contributed by atoms with Crippen molar-refractivity contribution in [3.8, 4) is 11.8 Å². The Kier molecular flexibility index (Phi) is 5.19. The number of carbonyl (C=O) groups excluding carboxylic acids is 1. The molecule has 18 heavy (non-hydrogen) atoms. The molecule has 4 nitrogen and oxygen atoms in total. The second kappa shape index (κ2) is 6.65. The summed E-state index contributed by atoms with van der Waals surface area (Å²) in [5, 5.41) is 8.62. The first-order valence-electron chi connectivity index (χ1n) is 5.92. The average molecular weight is 246 g/mol. The van der Waals surface area contributed by atoms with Crippen LogP contribution < -0.4 is 4.74 Å². The van der Waals surface area contributed by atoms with Crippen molar-refractivity contribution in [1.29, 1.82) is 5.26 Å². The van der Waals surface area contributed by atoms with Crippen LogP contribution in [0.1, 0.15) is 30.6 Å². The van der Waals surface area contributed by atoms with Crippen molar-refractivity contribution >= 4 is 5.91 Å². The molecule has 0 saturated heterocycles. The van der Waals surface area contributed by atoms with Gasteiger partial charge in [-0.25, -0.2) is 0 Å². The lowest BCUT2D eigenvalue weighted by Gasteiger charge is -2.26. The summed E-state index contributed by atoms with van der Waals surface area (Å²) in [6.45, 7) is 4.33. The molecule has 0 saturated carbocycles. The third-order valence-electron chi connectivity index (χ3n) is 2.67. The lowest BCUT2D eigenvalue weighted by Crippen LogP contribution is -2.37. The summed E-state index contributed by atoms with van der Waals surface area (Å²) >= 11 is 0. The van der Waals surface area contributed by atoms with Crippen molar-refractivity contribution in [2.24, 2.45) is 0 Å². The maximum Gasteiger partial charge on any atom is 0.254 e. The van der Waals surface area contributed by atoms with Gasteiger partial charge in [0.05, 0.1) is 19.6 Å². The molecule has 0 spiro atoms. The van der Waals surface area contributed by atoms with E-state index in [1.165, 1.54) is 0 Å². The molecule has 0 fully saturated rings. The van der Waals surface area contributed by atoms with Crippen molar-refractivity contribution in [2.45, 2.75) is 26.3 Å². The van der Waals surface area contributed by atoms with Crippen molar-refractivity contribution in [3.63, 3.8) is 0 Å². The molecule has 0 aliphatic heterocycles.